The van der Waals surface area contributed by atoms with Gasteiger partial charge in [0.15, 0.2) is 4.80 Å². The topological polar surface area (TPSA) is 80.5 Å². The molecule has 3 aromatic rings. The van der Waals surface area contributed by atoms with Crippen LogP contribution in [0.15, 0.2) is 63.9 Å². The Bertz CT molecular complexity index is 1170. The van der Waals surface area contributed by atoms with Gasteiger partial charge in [-0.3, -0.25) is 9.52 Å². The zero-order valence-corrected chi connectivity index (χ0v) is 16.3. The van der Waals surface area contributed by atoms with Crippen molar-refractivity contribution in [2.24, 2.45) is 12.0 Å². The largest absolute Gasteiger partial charge is 0.327 e. The van der Waals surface area contributed by atoms with Crippen molar-refractivity contribution in [1.29, 1.82) is 0 Å². The molecule has 140 valence electrons. The van der Waals surface area contributed by atoms with Gasteiger partial charge in [0.1, 0.15) is 5.82 Å². The van der Waals surface area contributed by atoms with E-state index in [1.165, 1.54) is 29.5 Å². The second-order valence-electron chi connectivity index (χ2n) is 5.47. The monoisotopic (exact) mass is 425 g/mol. The minimum atomic E-state index is -4.00. The van der Waals surface area contributed by atoms with Crippen molar-refractivity contribution in [1.82, 2.24) is 4.57 Å². The molecular formula is C17H13ClFN3O3S2. The van der Waals surface area contributed by atoms with Gasteiger partial charge in [0, 0.05) is 24.2 Å². The quantitative estimate of drug-likeness (QED) is 0.695. The Balaban J connectivity index is 1.93. The molecule has 1 N–H and O–H groups in total. The lowest BCUT2D eigenvalue weighted by Gasteiger charge is -2.10. The van der Waals surface area contributed by atoms with Gasteiger partial charge in [-0.25, -0.2) is 12.8 Å². The SMILES string of the molecule is Cn1ccsc1=NC(=O)c1ccc(Cl)c(NS(=O)(=O)c2ccc(F)cc2)c1. The van der Waals surface area contributed by atoms with Gasteiger partial charge in [-0.2, -0.15) is 4.99 Å². The first-order chi connectivity index (χ1) is 12.8. The molecule has 0 aliphatic heterocycles. The molecule has 2 aromatic carbocycles. The lowest BCUT2D eigenvalue weighted by atomic mass is 10.2. The number of anilines is 1. The smallest absolute Gasteiger partial charge is 0.279 e. The number of sulfonamides is 1. The van der Waals surface area contributed by atoms with E-state index in [0.29, 0.717) is 4.80 Å². The summed E-state index contributed by atoms with van der Waals surface area (Å²) in [6.07, 6.45) is 1.76. The molecular weight excluding hydrogens is 413 g/mol. The van der Waals surface area contributed by atoms with Crippen molar-refractivity contribution in [3.05, 3.63) is 75.2 Å². The number of thiazole rings is 1. The Hall–Kier alpha value is -2.49. The van der Waals surface area contributed by atoms with E-state index in [2.05, 4.69) is 9.71 Å². The van der Waals surface area contributed by atoms with Crippen molar-refractivity contribution < 1.29 is 17.6 Å². The first-order valence-corrected chi connectivity index (χ1v) is 10.3. The minimum Gasteiger partial charge on any atom is -0.327 e. The number of aryl methyl sites for hydroxylation is 1. The average molecular weight is 426 g/mol. The summed E-state index contributed by atoms with van der Waals surface area (Å²) in [5.41, 5.74) is 0.196. The number of halogens is 2. The van der Waals surface area contributed by atoms with Crippen molar-refractivity contribution in [2.45, 2.75) is 4.90 Å². The number of nitrogens with one attached hydrogen (secondary N) is 1. The fourth-order valence-corrected chi connectivity index (χ4v) is 4.16. The van der Waals surface area contributed by atoms with E-state index in [4.69, 9.17) is 11.6 Å². The van der Waals surface area contributed by atoms with Crippen LogP contribution in [0.25, 0.3) is 0 Å². The molecule has 3 rings (SSSR count). The lowest BCUT2D eigenvalue weighted by molar-refractivity contribution is 0.0998. The van der Waals surface area contributed by atoms with Gasteiger partial charge in [0.2, 0.25) is 0 Å². The van der Waals surface area contributed by atoms with E-state index < -0.39 is 21.7 Å². The second kappa shape index (κ2) is 7.63. The van der Waals surface area contributed by atoms with Crippen LogP contribution in [-0.4, -0.2) is 18.9 Å². The molecule has 0 aliphatic carbocycles. The van der Waals surface area contributed by atoms with E-state index in [0.717, 1.165) is 24.3 Å². The summed E-state index contributed by atoms with van der Waals surface area (Å²) in [6.45, 7) is 0. The fourth-order valence-electron chi connectivity index (χ4n) is 2.14. The van der Waals surface area contributed by atoms with E-state index in [-0.39, 0.29) is 21.2 Å². The van der Waals surface area contributed by atoms with Crippen molar-refractivity contribution in [3.63, 3.8) is 0 Å². The number of carbonyl (C=O) groups excluding carboxylic acids is 1. The standard InChI is InChI=1S/C17H13ClFN3O3S2/c1-22-8-9-26-17(22)20-16(23)11-2-7-14(18)15(10-11)21-27(24,25)13-5-3-12(19)4-6-13/h2-10,21H,1H3. The molecule has 0 fully saturated rings. The van der Waals surface area contributed by atoms with Crippen molar-refractivity contribution in [2.75, 3.05) is 4.72 Å². The Morgan fingerprint density at radius 1 is 1.22 bits per heavy atom. The first-order valence-electron chi connectivity index (χ1n) is 7.53. The summed E-state index contributed by atoms with van der Waals surface area (Å²) in [4.78, 5) is 16.7. The fraction of sp³-hybridized carbons (Fsp3) is 0.0588. The van der Waals surface area contributed by atoms with E-state index in [1.54, 1.807) is 23.2 Å². The van der Waals surface area contributed by atoms with Gasteiger partial charge in [0.25, 0.3) is 15.9 Å². The molecule has 0 saturated carbocycles. The maximum absolute atomic E-state index is 13.0. The summed E-state index contributed by atoms with van der Waals surface area (Å²) in [6, 6.07) is 8.51. The third kappa shape index (κ3) is 4.44. The number of carbonyl (C=O) groups is 1. The lowest BCUT2D eigenvalue weighted by Crippen LogP contribution is -2.15. The molecule has 10 heteroatoms. The number of benzene rings is 2. The van der Waals surface area contributed by atoms with Crippen LogP contribution in [0.5, 0.6) is 0 Å². The van der Waals surface area contributed by atoms with Crippen LogP contribution >= 0.6 is 22.9 Å². The third-order valence-electron chi connectivity index (χ3n) is 3.54. The minimum absolute atomic E-state index is 0.0256. The number of aromatic nitrogens is 1. The van der Waals surface area contributed by atoms with Gasteiger partial charge >= 0.3 is 0 Å². The number of amides is 1. The Kier molecular flexibility index (Phi) is 5.45. The maximum atomic E-state index is 13.0. The Morgan fingerprint density at radius 3 is 2.56 bits per heavy atom. The van der Waals surface area contributed by atoms with Gasteiger partial charge in [0.05, 0.1) is 15.6 Å². The molecule has 0 radical (unpaired) electrons. The van der Waals surface area contributed by atoms with Crippen LogP contribution < -0.4 is 9.52 Å². The normalized spacial score (nSPS) is 12.2. The molecule has 0 spiro atoms. The zero-order valence-electron chi connectivity index (χ0n) is 13.9. The predicted molar refractivity (Wildman–Crippen MR) is 102 cm³/mol. The highest BCUT2D eigenvalue weighted by atomic mass is 35.5. The zero-order chi connectivity index (χ0) is 19.6. The molecule has 6 nitrogen and oxygen atoms in total. The molecule has 0 unspecified atom stereocenters. The summed E-state index contributed by atoms with van der Waals surface area (Å²) in [5, 5.41) is 1.90. The summed E-state index contributed by atoms with van der Waals surface area (Å²) in [5.74, 6) is -1.09. The van der Waals surface area contributed by atoms with Gasteiger partial charge < -0.3 is 4.57 Å². The predicted octanol–water partition coefficient (Wildman–Crippen LogP) is 3.42. The summed E-state index contributed by atoms with van der Waals surface area (Å²) < 4.78 is 41.9. The van der Waals surface area contributed by atoms with Crippen LogP contribution in [0.1, 0.15) is 10.4 Å². The number of hydrogen-bond acceptors (Lipinski definition) is 4. The molecule has 0 aliphatic rings. The molecule has 0 bridgehead atoms. The van der Waals surface area contributed by atoms with Crippen molar-refractivity contribution in [3.8, 4) is 0 Å². The van der Waals surface area contributed by atoms with Crippen LogP contribution in [0.3, 0.4) is 0 Å². The van der Waals surface area contributed by atoms with Gasteiger partial charge in [-0.05, 0) is 42.5 Å². The second-order valence-corrected chi connectivity index (χ2v) is 8.43. The van der Waals surface area contributed by atoms with Gasteiger partial charge in [-0.1, -0.05) is 11.6 Å². The highest BCUT2D eigenvalue weighted by Gasteiger charge is 2.17. The number of nitrogens with zero attached hydrogens (tertiary/aromatic N) is 2. The van der Waals surface area contributed by atoms with Crippen LogP contribution in [0.2, 0.25) is 5.02 Å². The Labute approximate surface area is 163 Å². The Morgan fingerprint density at radius 2 is 1.93 bits per heavy atom. The van der Waals surface area contributed by atoms with Gasteiger partial charge in [-0.15, -0.1) is 11.3 Å². The van der Waals surface area contributed by atoms with Crippen LogP contribution in [-0.2, 0) is 17.1 Å². The highest BCUT2D eigenvalue weighted by molar-refractivity contribution is 7.92. The number of hydrogen-bond donors (Lipinski definition) is 1. The highest BCUT2D eigenvalue weighted by Crippen LogP contribution is 2.26. The summed E-state index contributed by atoms with van der Waals surface area (Å²) >= 11 is 7.35. The summed E-state index contributed by atoms with van der Waals surface area (Å²) in [7, 11) is -2.24. The molecule has 1 aromatic heterocycles. The number of rotatable bonds is 4. The molecule has 1 amide bonds. The maximum Gasteiger partial charge on any atom is 0.279 e. The molecule has 1 heterocycles. The molecule has 27 heavy (non-hydrogen) atoms. The van der Waals surface area contributed by atoms with Crippen LogP contribution in [0, 0.1) is 5.82 Å². The first kappa shape index (κ1) is 19.3. The molecule has 0 atom stereocenters. The van der Waals surface area contributed by atoms with E-state index >= 15 is 0 Å². The van der Waals surface area contributed by atoms with E-state index in [9.17, 15) is 17.6 Å². The van der Waals surface area contributed by atoms with E-state index in [1.807, 2.05) is 0 Å². The van der Waals surface area contributed by atoms with Crippen molar-refractivity contribution >= 4 is 44.6 Å². The van der Waals surface area contributed by atoms with Crippen LogP contribution in [0.4, 0.5) is 10.1 Å². The third-order valence-corrected chi connectivity index (χ3v) is 6.10. The molecule has 0 saturated heterocycles. The average Bonchev–Trinajstić information content (AvgIpc) is 3.02.